The van der Waals surface area contributed by atoms with Crippen LogP contribution in [-0.4, -0.2) is 203 Å². The van der Waals surface area contributed by atoms with E-state index >= 15 is 0 Å². The summed E-state index contributed by atoms with van der Waals surface area (Å²) in [4.78, 5) is 109. The number of primary amides is 1. The zero-order valence-corrected chi connectivity index (χ0v) is 57.8. The molecule has 6 N–H and O–H groups in total. The normalized spacial score (nSPS) is 20.4. The molecule has 0 radical (unpaired) electrons. The summed E-state index contributed by atoms with van der Waals surface area (Å²) in [5.41, 5.74) is 13.6. The average molecular weight is 1460 g/mol. The number of imidazole rings is 2. The summed E-state index contributed by atoms with van der Waals surface area (Å²) < 4.78 is 11.2. The predicted octanol–water partition coefficient (Wildman–Crippen LogP) is 7.73. The van der Waals surface area contributed by atoms with Gasteiger partial charge in [0.05, 0.1) is 36.1 Å². The minimum absolute atomic E-state index is 0.107. The monoisotopic (exact) mass is 1450 g/mol. The van der Waals surface area contributed by atoms with Crippen molar-refractivity contribution in [2.45, 2.75) is 127 Å². The van der Waals surface area contributed by atoms with Gasteiger partial charge in [0, 0.05) is 160 Å². The highest BCUT2D eigenvalue weighted by Gasteiger charge is 2.44. The first-order chi connectivity index (χ1) is 45.2. The van der Waals surface area contributed by atoms with Crippen molar-refractivity contribution in [1.29, 1.82) is 0 Å². The molecule has 6 aliphatic rings. The minimum Gasteiger partial charge on any atom is -0.444 e. The maximum Gasteiger partial charge on any atom is 0.410 e. The van der Waals surface area contributed by atoms with Crippen molar-refractivity contribution >= 4 is 91.1 Å². The van der Waals surface area contributed by atoms with Crippen molar-refractivity contribution in [3.05, 3.63) is 162 Å². The van der Waals surface area contributed by atoms with Gasteiger partial charge in [0.2, 0.25) is 11.8 Å². The van der Waals surface area contributed by atoms with E-state index < -0.39 is 23.7 Å². The lowest BCUT2D eigenvalue weighted by Crippen LogP contribution is -2.64. The van der Waals surface area contributed by atoms with E-state index in [1.807, 2.05) is 79.0 Å². The van der Waals surface area contributed by atoms with Gasteiger partial charge < -0.3 is 60.5 Å². The third-order valence-corrected chi connectivity index (χ3v) is 19.7. The molecule has 0 bridgehead atoms. The van der Waals surface area contributed by atoms with Crippen LogP contribution < -0.4 is 27.0 Å². The molecule has 4 atom stereocenters. The van der Waals surface area contributed by atoms with Crippen molar-refractivity contribution in [3.63, 3.8) is 0 Å². The highest BCUT2D eigenvalue weighted by atomic mass is 79.9. The molecule has 4 aliphatic heterocycles. The fourth-order valence-corrected chi connectivity index (χ4v) is 14.7. The number of benzene rings is 2. The van der Waals surface area contributed by atoms with Crippen LogP contribution in [0.2, 0.25) is 10.0 Å². The Morgan fingerprint density at radius 2 is 1.01 bits per heavy atom. The van der Waals surface area contributed by atoms with Crippen LogP contribution in [0, 0.1) is 0 Å². The van der Waals surface area contributed by atoms with Crippen molar-refractivity contribution in [1.82, 2.24) is 79.7 Å². The Morgan fingerprint density at radius 3 is 1.41 bits per heavy atom. The summed E-state index contributed by atoms with van der Waals surface area (Å²) >= 11 is 20.1. The number of nitrogens with one attached hydrogen (secondary N) is 4. The van der Waals surface area contributed by atoms with Gasteiger partial charge in [-0.1, -0.05) is 35.3 Å². The van der Waals surface area contributed by atoms with Gasteiger partial charge in [0.1, 0.15) is 17.7 Å². The summed E-state index contributed by atoms with van der Waals surface area (Å²) in [5, 5.41) is 13.8. The zero-order valence-electron chi connectivity index (χ0n) is 53.1. The summed E-state index contributed by atoms with van der Waals surface area (Å²) in [5.74, 6) is -0.430. The number of urea groups is 3. The Balaban J connectivity index is 0.000000192. The third kappa shape index (κ3) is 16.8. The Morgan fingerprint density at radius 1 is 0.585 bits per heavy atom. The molecule has 500 valence electrons. The van der Waals surface area contributed by atoms with Crippen LogP contribution in [0.4, 0.5) is 19.2 Å². The number of aryl methyl sites for hydroxylation is 4. The number of likely N-dealkylation sites (tertiary alicyclic amines) is 2. The lowest BCUT2D eigenvalue weighted by molar-refractivity contribution is -0.128. The fourth-order valence-electron chi connectivity index (χ4n) is 13.6. The van der Waals surface area contributed by atoms with E-state index in [4.69, 9.17) is 43.6 Å². The van der Waals surface area contributed by atoms with E-state index in [1.54, 1.807) is 44.6 Å². The van der Waals surface area contributed by atoms with Crippen LogP contribution in [0.5, 0.6) is 0 Å². The molecule has 2 aliphatic carbocycles. The van der Waals surface area contributed by atoms with E-state index in [1.165, 1.54) is 0 Å². The predicted molar refractivity (Wildman–Crippen MR) is 362 cm³/mol. The Kier molecular flexibility index (Phi) is 22.1. The Bertz CT molecular complexity index is 3570. The number of aromatic nitrogens is 6. The largest absolute Gasteiger partial charge is 0.444 e. The first-order valence-electron chi connectivity index (χ1n) is 32.2. The van der Waals surface area contributed by atoms with Crippen molar-refractivity contribution in [3.8, 4) is 0 Å². The molecule has 6 aromatic rings. The second-order valence-corrected chi connectivity index (χ2v) is 28.4. The van der Waals surface area contributed by atoms with Crippen LogP contribution in [0.15, 0.2) is 107 Å². The van der Waals surface area contributed by atoms with Crippen LogP contribution in [0.3, 0.4) is 0 Å². The standard InChI is InChI=1S/C35H44BrClN8O4.C31H37BrClN9O3/c1-35(2,3)49-34(48)43-12-8-27(9-13-43)41-33(47)45-17-16-44(21-29(45)32(46)39-11-15-42-14-10-38-22-42)31-28-7-6-26(37)19-23(28)4-5-24-18-25(36)20-40-30(24)31;32-22-15-21-2-1-20-16-23(33)3-4-25(20)28(27(21)37-17-22)41-13-14-42(31(45)38-24-5-9-40(10-6-24)30(34)44)26(18-41)29(43)36-8-12-39-11-7-35-19-39/h6-7,10,14,18-20,22,27,29,31H,4-5,8-9,11-13,15-17,21H2,1-3H3,(H,39,46)(H,41,47);3-4,7,11,15-17,19,24,26,28H,1-2,5-6,8-10,12-14,18H2,(H2,34,44)(H,36,43)(H,38,45). The van der Waals surface area contributed by atoms with Crippen LogP contribution in [0.25, 0.3) is 0 Å². The molecule has 9 amide bonds. The third-order valence-electron chi connectivity index (χ3n) is 18.3. The number of hydrogen-bond acceptors (Lipinski definition) is 13. The molecule has 4 saturated heterocycles. The second-order valence-electron chi connectivity index (χ2n) is 25.7. The second kappa shape index (κ2) is 30.6. The number of ether oxygens (including phenoxy) is 1. The molecule has 0 saturated carbocycles. The number of nitrogens with zero attached hydrogens (tertiary/aromatic N) is 12. The molecular weight excluding hydrogens is 1370 g/mol. The van der Waals surface area contributed by atoms with Crippen molar-refractivity contribution < 1.29 is 33.5 Å². The minimum atomic E-state index is -0.740. The summed E-state index contributed by atoms with van der Waals surface area (Å²) in [6.07, 6.45) is 19.5. The maximum atomic E-state index is 14.0. The van der Waals surface area contributed by atoms with Crippen molar-refractivity contribution in [2.75, 3.05) is 78.5 Å². The number of rotatable bonds is 12. The van der Waals surface area contributed by atoms with Gasteiger partial charge in [0.15, 0.2) is 0 Å². The first kappa shape index (κ1) is 68.0. The highest BCUT2D eigenvalue weighted by Crippen LogP contribution is 2.41. The maximum absolute atomic E-state index is 14.0. The molecule has 8 heterocycles. The number of fused-ring (bicyclic) bond motifs is 4. The van der Waals surface area contributed by atoms with E-state index in [2.05, 4.69) is 97.2 Å². The first-order valence-corrected chi connectivity index (χ1v) is 34.5. The molecule has 0 spiro atoms. The van der Waals surface area contributed by atoms with Crippen LogP contribution in [-0.2, 0) is 53.1 Å². The SMILES string of the molecule is CC(C)(C)OC(=O)N1CCC(NC(=O)N2CCN(C3c4ccc(Cl)cc4CCc4cc(Br)cnc43)CC2C(=O)NCCn2ccnc2)CC1.NC(=O)N1CCC(NC(=O)N2CCN(C3c4ccc(Cl)cc4CCc4cc(Br)cnc43)CC2C(=O)NCCn2ccnc2)CC1. The quantitative estimate of drug-likeness (QED) is 0.0786. The number of piperazine rings is 2. The lowest BCUT2D eigenvalue weighted by Gasteiger charge is -2.44. The van der Waals surface area contributed by atoms with E-state index in [-0.39, 0.29) is 54.1 Å². The van der Waals surface area contributed by atoms with Gasteiger partial charge in [0.25, 0.3) is 0 Å². The summed E-state index contributed by atoms with van der Waals surface area (Å²) in [7, 11) is 0. The topological polar surface area (TPSA) is 267 Å². The molecule has 12 rings (SSSR count). The van der Waals surface area contributed by atoms with Gasteiger partial charge in [-0.3, -0.25) is 29.4 Å². The summed E-state index contributed by atoms with van der Waals surface area (Å²) in [6.45, 7) is 11.9. The number of hydrogen-bond donors (Lipinski definition) is 5. The molecular formula is C66H81Br2Cl2N17O7. The van der Waals surface area contributed by atoms with E-state index in [0.717, 1.165) is 79.4 Å². The van der Waals surface area contributed by atoms with Crippen LogP contribution in [0.1, 0.15) is 103 Å². The molecule has 4 unspecified atom stereocenters. The Hall–Kier alpha value is -7.36. The van der Waals surface area contributed by atoms with E-state index in [9.17, 15) is 28.8 Å². The summed E-state index contributed by atoms with van der Waals surface area (Å²) in [6, 6.07) is 13.1. The highest BCUT2D eigenvalue weighted by molar-refractivity contribution is 9.10. The lowest BCUT2D eigenvalue weighted by atomic mass is 9.95. The average Bonchev–Trinajstić information content (AvgIpc) is 1.01. The number of pyridine rings is 2. The van der Waals surface area contributed by atoms with Gasteiger partial charge >= 0.3 is 24.2 Å². The van der Waals surface area contributed by atoms with Crippen molar-refractivity contribution in [2.24, 2.45) is 5.73 Å². The molecule has 28 heteroatoms. The number of halogens is 4. The number of amides is 9. The number of piperidine rings is 2. The fraction of sp³-hybridized carbons (Fsp3) is 0.485. The van der Waals surface area contributed by atoms with E-state index in [0.29, 0.717) is 127 Å². The zero-order chi connectivity index (χ0) is 66.2. The van der Waals surface area contributed by atoms with Gasteiger partial charge in [-0.05, 0) is 174 Å². The Labute approximate surface area is 574 Å². The van der Waals surface area contributed by atoms with Gasteiger partial charge in [-0.2, -0.15) is 0 Å². The smallest absolute Gasteiger partial charge is 0.410 e. The number of carbonyl (C=O) groups excluding carboxylic acids is 6. The number of nitrogens with two attached hydrogens (primary N) is 1. The molecule has 4 aromatic heterocycles. The van der Waals surface area contributed by atoms with Crippen LogP contribution >= 0.6 is 55.1 Å². The molecule has 24 nitrogen and oxygen atoms in total. The van der Waals surface area contributed by atoms with Gasteiger partial charge in [-0.15, -0.1) is 0 Å². The molecule has 4 fully saturated rings. The molecule has 94 heavy (non-hydrogen) atoms. The number of carbonyl (C=O) groups is 6. The van der Waals surface area contributed by atoms with Gasteiger partial charge in [-0.25, -0.2) is 29.1 Å². The molecule has 2 aromatic carbocycles.